The minimum Gasteiger partial charge on any atom is -0.478 e. The number of nitrogens with two attached hydrogens (primary N) is 1. The van der Waals surface area contributed by atoms with Crippen molar-refractivity contribution in [2.75, 3.05) is 11.4 Å². The van der Waals surface area contributed by atoms with Gasteiger partial charge in [0.2, 0.25) is 0 Å². The molecule has 1 saturated carbocycles. The number of rotatable bonds is 8. The Balaban J connectivity index is 1.36. The first-order valence-electron chi connectivity index (χ1n) is 13.0. The molecule has 0 radical (unpaired) electrons. The van der Waals surface area contributed by atoms with Gasteiger partial charge in [0, 0.05) is 30.0 Å². The maximum Gasteiger partial charge on any atom is 0.268 e. The number of piperidine rings is 1. The number of carbonyl (C=O) groups is 1. The van der Waals surface area contributed by atoms with Crippen LogP contribution in [0.3, 0.4) is 0 Å². The van der Waals surface area contributed by atoms with Crippen LogP contribution >= 0.6 is 0 Å². The van der Waals surface area contributed by atoms with Crippen LogP contribution in [0.25, 0.3) is 0 Å². The van der Waals surface area contributed by atoms with E-state index in [4.69, 9.17) is 15.9 Å². The Bertz CT molecular complexity index is 843. The predicted molar refractivity (Wildman–Crippen MR) is 134 cm³/mol. The smallest absolute Gasteiger partial charge is 0.268 e. The molecule has 3 unspecified atom stereocenters. The van der Waals surface area contributed by atoms with Crippen LogP contribution in [0.4, 0.5) is 5.69 Å². The van der Waals surface area contributed by atoms with Crippen LogP contribution in [0.1, 0.15) is 84.5 Å². The first-order chi connectivity index (χ1) is 15.9. The van der Waals surface area contributed by atoms with Crippen LogP contribution in [0, 0.1) is 17.2 Å². The number of para-hydroxylation sites is 2. The highest BCUT2D eigenvalue weighted by atomic mass is 16.5. The number of ether oxygens (including phenoxy) is 1. The second-order valence-electron chi connectivity index (χ2n) is 10.9. The van der Waals surface area contributed by atoms with Crippen molar-refractivity contribution in [3.8, 4) is 5.75 Å². The molecule has 2 aliphatic heterocycles. The van der Waals surface area contributed by atoms with Gasteiger partial charge in [-0.25, -0.2) is 0 Å². The molecule has 1 amide bonds. The molecule has 3 aliphatic rings. The van der Waals surface area contributed by atoms with E-state index in [1.165, 1.54) is 32.1 Å². The maximum atomic E-state index is 13.6. The number of unbranched alkanes of at least 4 members (excludes halogenated alkanes) is 2. The number of hydrogen-bond acceptors (Lipinski definition) is 4. The first-order valence-corrected chi connectivity index (χ1v) is 13.0. The van der Waals surface area contributed by atoms with E-state index in [-0.39, 0.29) is 29.1 Å². The number of amidine groups is 1. The molecule has 0 spiro atoms. The largest absolute Gasteiger partial charge is 0.478 e. The van der Waals surface area contributed by atoms with Crippen LogP contribution in [0.5, 0.6) is 5.75 Å². The van der Waals surface area contributed by atoms with Gasteiger partial charge in [0.25, 0.3) is 5.91 Å². The maximum absolute atomic E-state index is 13.6. The lowest BCUT2D eigenvalue weighted by atomic mass is 9.77. The fourth-order valence-corrected chi connectivity index (χ4v) is 6.25. The van der Waals surface area contributed by atoms with E-state index in [9.17, 15) is 4.79 Å². The Morgan fingerprint density at radius 2 is 2.03 bits per heavy atom. The zero-order chi connectivity index (χ0) is 23.4. The average molecular weight is 455 g/mol. The van der Waals surface area contributed by atoms with E-state index in [0.29, 0.717) is 6.04 Å². The Morgan fingerprint density at radius 3 is 2.82 bits per heavy atom. The molecule has 1 aromatic carbocycles. The van der Waals surface area contributed by atoms with Gasteiger partial charge in [0.05, 0.1) is 11.5 Å². The zero-order valence-electron chi connectivity index (χ0n) is 20.4. The summed E-state index contributed by atoms with van der Waals surface area (Å²) in [5.41, 5.74) is 6.96. The van der Waals surface area contributed by atoms with Crippen LogP contribution < -0.4 is 20.7 Å². The predicted octanol–water partition coefficient (Wildman–Crippen LogP) is 5.00. The van der Waals surface area contributed by atoms with E-state index in [1.807, 2.05) is 29.2 Å². The number of nitrogens with zero attached hydrogens (tertiary/aromatic N) is 1. The summed E-state index contributed by atoms with van der Waals surface area (Å²) >= 11 is 0. The van der Waals surface area contributed by atoms with Gasteiger partial charge in [-0.15, -0.1) is 0 Å². The SMILES string of the molecule is C[C@H]1CCC[C@@](C)(CCCCCN2C(=O)C(C3CCCC(C(=N)N)C3)Oc3ccccc32)N1. The fourth-order valence-electron chi connectivity index (χ4n) is 6.25. The van der Waals surface area contributed by atoms with Gasteiger partial charge in [-0.05, 0) is 70.9 Å². The fraction of sp³-hybridized carbons (Fsp3) is 0.704. The molecule has 2 heterocycles. The molecule has 182 valence electrons. The molecule has 0 bridgehead atoms. The summed E-state index contributed by atoms with van der Waals surface area (Å²) in [5, 5.41) is 11.7. The molecule has 6 heteroatoms. The lowest BCUT2D eigenvalue weighted by Crippen LogP contribution is -2.51. The molecule has 0 aromatic heterocycles. The highest BCUT2D eigenvalue weighted by Gasteiger charge is 2.41. The molecule has 4 N–H and O–H groups in total. The lowest BCUT2D eigenvalue weighted by molar-refractivity contribution is -0.129. The molecule has 2 fully saturated rings. The first kappa shape index (κ1) is 24.1. The van der Waals surface area contributed by atoms with Gasteiger partial charge in [-0.2, -0.15) is 0 Å². The second-order valence-corrected chi connectivity index (χ2v) is 10.9. The van der Waals surface area contributed by atoms with Gasteiger partial charge < -0.3 is 20.7 Å². The third-order valence-corrected chi connectivity index (χ3v) is 8.07. The Labute approximate surface area is 199 Å². The van der Waals surface area contributed by atoms with Crippen molar-refractivity contribution in [3.05, 3.63) is 24.3 Å². The lowest BCUT2D eigenvalue weighted by Gasteiger charge is -2.40. The van der Waals surface area contributed by atoms with E-state index < -0.39 is 6.10 Å². The minimum atomic E-state index is -0.464. The summed E-state index contributed by atoms with van der Waals surface area (Å²) in [6.07, 6.45) is 11.6. The van der Waals surface area contributed by atoms with E-state index in [2.05, 4.69) is 19.2 Å². The quantitative estimate of drug-likeness (QED) is 0.293. The standard InChI is InChI=1S/C27H42N4O2/c1-19-10-9-16-27(2,30-19)15-6-3-7-17-31-22-13-4-5-14-23(22)33-24(26(31)32)20-11-8-12-21(18-20)25(28)29/h4-5,13-14,19-21,24,30H,3,6-12,15-18H2,1-2H3,(H3,28,29)/t19-,20?,21?,24?,27+/m0/s1. The zero-order valence-corrected chi connectivity index (χ0v) is 20.4. The molecule has 1 aromatic rings. The van der Waals surface area contributed by atoms with Gasteiger partial charge >= 0.3 is 0 Å². The van der Waals surface area contributed by atoms with Gasteiger partial charge in [0.15, 0.2) is 6.10 Å². The Hall–Kier alpha value is -2.08. The van der Waals surface area contributed by atoms with Crippen LogP contribution in [0.15, 0.2) is 24.3 Å². The third-order valence-electron chi connectivity index (χ3n) is 8.07. The van der Waals surface area contributed by atoms with E-state index in [0.717, 1.165) is 56.5 Å². The van der Waals surface area contributed by atoms with Gasteiger partial charge in [-0.3, -0.25) is 10.2 Å². The number of amides is 1. The van der Waals surface area contributed by atoms with Gasteiger partial charge in [0.1, 0.15) is 5.75 Å². The normalized spacial score (nSPS) is 32.2. The van der Waals surface area contributed by atoms with Crippen molar-refractivity contribution < 1.29 is 9.53 Å². The third kappa shape index (κ3) is 5.71. The van der Waals surface area contributed by atoms with Crippen molar-refractivity contribution in [2.24, 2.45) is 17.6 Å². The summed E-state index contributed by atoms with van der Waals surface area (Å²) < 4.78 is 6.26. The Kier molecular flexibility index (Phi) is 7.62. The molecule has 1 saturated heterocycles. The summed E-state index contributed by atoms with van der Waals surface area (Å²) in [4.78, 5) is 15.5. The summed E-state index contributed by atoms with van der Waals surface area (Å²) in [6, 6.07) is 8.54. The number of anilines is 1. The molecule has 1 aliphatic carbocycles. The highest BCUT2D eigenvalue weighted by Crippen LogP contribution is 2.40. The van der Waals surface area contributed by atoms with Crippen LogP contribution in [0.2, 0.25) is 0 Å². The van der Waals surface area contributed by atoms with Crippen molar-refractivity contribution in [1.82, 2.24) is 5.32 Å². The second kappa shape index (κ2) is 10.5. The van der Waals surface area contributed by atoms with Gasteiger partial charge in [-0.1, -0.05) is 37.8 Å². The van der Waals surface area contributed by atoms with E-state index in [1.54, 1.807) is 0 Å². The number of carbonyl (C=O) groups excluding carboxylic acids is 1. The van der Waals surface area contributed by atoms with Crippen molar-refractivity contribution in [2.45, 2.75) is 102 Å². The number of nitrogens with one attached hydrogen (secondary N) is 2. The van der Waals surface area contributed by atoms with E-state index >= 15 is 0 Å². The summed E-state index contributed by atoms with van der Waals surface area (Å²) in [5.74, 6) is 1.33. The van der Waals surface area contributed by atoms with Crippen molar-refractivity contribution in [3.63, 3.8) is 0 Å². The molecular weight excluding hydrogens is 412 g/mol. The number of fused-ring (bicyclic) bond motifs is 1. The minimum absolute atomic E-state index is 0.0725. The summed E-state index contributed by atoms with van der Waals surface area (Å²) in [6.45, 7) is 5.40. The van der Waals surface area contributed by atoms with Crippen LogP contribution in [-0.2, 0) is 4.79 Å². The molecule has 4 rings (SSSR count). The number of hydrogen-bond donors (Lipinski definition) is 3. The highest BCUT2D eigenvalue weighted by molar-refractivity contribution is 6.00. The molecule has 5 atom stereocenters. The molecule has 6 nitrogen and oxygen atoms in total. The molecular formula is C27H42N4O2. The Morgan fingerprint density at radius 1 is 1.21 bits per heavy atom. The van der Waals surface area contributed by atoms with Crippen molar-refractivity contribution >= 4 is 17.4 Å². The van der Waals surface area contributed by atoms with Crippen molar-refractivity contribution in [1.29, 1.82) is 5.41 Å². The number of benzene rings is 1. The topological polar surface area (TPSA) is 91.4 Å². The monoisotopic (exact) mass is 454 g/mol. The van der Waals surface area contributed by atoms with Crippen LogP contribution in [-0.4, -0.2) is 36.0 Å². The average Bonchev–Trinajstić information content (AvgIpc) is 2.79. The summed E-state index contributed by atoms with van der Waals surface area (Å²) in [7, 11) is 0. The molecule has 33 heavy (non-hydrogen) atoms.